The molecule has 1 heterocycles. The zero-order valence-corrected chi connectivity index (χ0v) is 7.33. The van der Waals surface area contributed by atoms with Gasteiger partial charge in [-0.25, -0.2) is 0 Å². The lowest BCUT2D eigenvalue weighted by Crippen LogP contribution is -2.14. The summed E-state index contributed by atoms with van der Waals surface area (Å²) in [7, 11) is 2.15. The Hall–Kier alpha value is -1.08. The van der Waals surface area contributed by atoms with E-state index >= 15 is 0 Å². The van der Waals surface area contributed by atoms with E-state index < -0.39 is 0 Å². The molecule has 2 rings (SSSR count). The Morgan fingerprint density at radius 1 is 0.917 bits per heavy atom. The topological polar surface area (TPSA) is 3.24 Å². The van der Waals surface area contributed by atoms with Crippen LogP contribution in [0, 0.1) is 0 Å². The van der Waals surface area contributed by atoms with Gasteiger partial charge in [0.15, 0.2) is 0 Å². The van der Waals surface area contributed by atoms with Crippen molar-refractivity contribution in [2.75, 3.05) is 20.1 Å². The number of likely N-dealkylation sites (N-methyl/N-ethyl adjacent to an activating group) is 1. The molecule has 1 aliphatic carbocycles. The molecule has 0 saturated heterocycles. The molecule has 0 aromatic rings. The van der Waals surface area contributed by atoms with Crippen LogP contribution < -0.4 is 0 Å². The van der Waals surface area contributed by atoms with Crippen LogP contribution in [0.3, 0.4) is 0 Å². The Balaban J connectivity index is 2.29. The van der Waals surface area contributed by atoms with Crippen molar-refractivity contribution in [3.05, 3.63) is 47.6 Å². The molecule has 0 fully saturated rings. The molecule has 0 radical (unpaired) electrons. The molecule has 0 aromatic heterocycles. The van der Waals surface area contributed by atoms with Crippen molar-refractivity contribution < 1.29 is 0 Å². The van der Waals surface area contributed by atoms with Gasteiger partial charge in [-0.3, -0.25) is 4.90 Å². The highest BCUT2D eigenvalue weighted by Gasteiger charge is 2.14. The van der Waals surface area contributed by atoms with Crippen molar-refractivity contribution in [2.45, 2.75) is 0 Å². The van der Waals surface area contributed by atoms with Crippen LogP contribution in [0.25, 0.3) is 0 Å². The van der Waals surface area contributed by atoms with E-state index in [4.69, 9.17) is 0 Å². The largest absolute Gasteiger partial charge is 0.298 e. The lowest BCUT2D eigenvalue weighted by molar-refractivity contribution is 0.428. The van der Waals surface area contributed by atoms with Gasteiger partial charge < -0.3 is 0 Å². The van der Waals surface area contributed by atoms with Crippen LogP contribution in [0.2, 0.25) is 0 Å². The van der Waals surface area contributed by atoms with E-state index in [1.165, 1.54) is 11.1 Å². The van der Waals surface area contributed by atoms with E-state index in [-0.39, 0.29) is 0 Å². The second-order valence-corrected chi connectivity index (χ2v) is 3.33. The Bertz CT molecular complexity index is 264. The van der Waals surface area contributed by atoms with Crippen LogP contribution in [-0.2, 0) is 0 Å². The smallest absolute Gasteiger partial charge is 0.0237 e. The van der Waals surface area contributed by atoms with Gasteiger partial charge in [0.1, 0.15) is 0 Å². The number of rotatable bonds is 0. The molecule has 0 saturated carbocycles. The molecule has 0 amide bonds. The highest BCUT2D eigenvalue weighted by atomic mass is 15.1. The monoisotopic (exact) mass is 159 g/mol. The second kappa shape index (κ2) is 3.11. The summed E-state index contributed by atoms with van der Waals surface area (Å²) in [5.74, 6) is 0. The molecule has 1 nitrogen and oxygen atoms in total. The van der Waals surface area contributed by atoms with Crippen LogP contribution in [0.5, 0.6) is 0 Å². The predicted molar refractivity (Wildman–Crippen MR) is 51.9 cm³/mol. The first-order valence-electron chi connectivity index (χ1n) is 4.28. The molecule has 12 heavy (non-hydrogen) atoms. The maximum absolute atomic E-state index is 2.32. The minimum absolute atomic E-state index is 1.09. The fourth-order valence-corrected chi connectivity index (χ4v) is 1.63. The van der Waals surface area contributed by atoms with Gasteiger partial charge in [0, 0.05) is 13.1 Å². The standard InChI is InChI=1S/C11H13N/c1-12-8-10-6-4-2-3-5-7-11(10)9-12/h2-7H,8-9H2,1H3/b3-2-,4-2?,5-3?,6-4-,7-5-,10-6?,11-7?. The molecule has 0 bridgehead atoms. The highest BCUT2D eigenvalue weighted by Crippen LogP contribution is 2.19. The Morgan fingerprint density at radius 3 is 1.92 bits per heavy atom. The maximum Gasteiger partial charge on any atom is 0.0237 e. The summed E-state index contributed by atoms with van der Waals surface area (Å²) in [4.78, 5) is 2.32. The van der Waals surface area contributed by atoms with E-state index in [1.807, 2.05) is 0 Å². The number of nitrogens with zero attached hydrogens (tertiary/aromatic N) is 1. The molecular weight excluding hydrogens is 146 g/mol. The van der Waals surface area contributed by atoms with E-state index in [2.05, 4.69) is 48.4 Å². The molecule has 0 unspecified atom stereocenters. The number of hydrogen-bond acceptors (Lipinski definition) is 1. The third kappa shape index (κ3) is 1.41. The summed E-state index contributed by atoms with van der Waals surface area (Å²) >= 11 is 0. The molecule has 0 N–H and O–H groups in total. The van der Waals surface area contributed by atoms with Gasteiger partial charge in [-0.1, -0.05) is 36.5 Å². The first kappa shape index (κ1) is 7.56. The van der Waals surface area contributed by atoms with Crippen molar-refractivity contribution in [1.82, 2.24) is 4.90 Å². The molecule has 1 heteroatoms. The van der Waals surface area contributed by atoms with Crippen molar-refractivity contribution in [1.29, 1.82) is 0 Å². The minimum atomic E-state index is 1.09. The highest BCUT2D eigenvalue weighted by molar-refractivity contribution is 5.42. The van der Waals surface area contributed by atoms with Crippen LogP contribution in [0.4, 0.5) is 0 Å². The fraction of sp³-hybridized carbons (Fsp3) is 0.273. The fourth-order valence-electron chi connectivity index (χ4n) is 1.63. The van der Waals surface area contributed by atoms with Crippen molar-refractivity contribution in [3.63, 3.8) is 0 Å². The van der Waals surface area contributed by atoms with E-state index in [0.717, 1.165) is 13.1 Å². The average Bonchev–Trinajstić information content (AvgIpc) is 2.32. The Labute approximate surface area is 73.4 Å². The van der Waals surface area contributed by atoms with Crippen LogP contribution in [-0.4, -0.2) is 25.0 Å². The van der Waals surface area contributed by atoms with Gasteiger partial charge in [-0.15, -0.1) is 0 Å². The quantitative estimate of drug-likeness (QED) is 0.522. The summed E-state index contributed by atoms with van der Waals surface area (Å²) in [5, 5.41) is 0. The Kier molecular flexibility index (Phi) is 1.96. The molecule has 2 aliphatic rings. The van der Waals surface area contributed by atoms with Crippen LogP contribution >= 0.6 is 0 Å². The van der Waals surface area contributed by atoms with E-state index in [1.54, 1.807) is 0 Å². The molecule has 0 aromatic carbocycles. The molecule has 0 atom stereocenters. The normalized spacial score (nSPS) is 30.8. The molecule has 1 aliphatic heterocycles. The first-order valence-corrected chi connectivity index (χ1v) is 4.28. The van der Waals surface area contributed by atoms with Crippen LogP contribution in [0.15, 0.2) is 47.6 Å². The molecule has 0 spiro atoms. The average molecular weight is 159 g/mol. The van der Waals surface area contributed by atoms with Gasteiger partial charge in [-0.2, -0.15) is 0 Å². The second-order valence-electron chi connectivity index (χ2n) is 3.33. The summed E-state index contributed by atoms with van der Waals surface area (Å²) in [6, 6.07) is 0. The van der Waals surface area contributed by atoms with Gasteiger partial charge in [0.2, 0.25) is 0 Å². The molecule has 62 valence electrons. The summed E-state index contributed by atoms with van der Waals surface area (Å²) < 4.78 is 0. The predicted octanol–water partition coefficient (Wildman–Crippen LogP) is 1.91. The lowest BCUT2D eigenvalue weighted by Gasteiger charge is -2.04. The van der Waals surface area contributed by atoms with Gasteiger partial charge in [0.05, 0.1) is 0 Å². The van der Waals surface area contributed by atoms with Gasteiger partial charge in [-0.05, 0) is 18.2 Å². The van der Waals surface area contributed by atoms with Crippen LogP contribution in [0.1, 0.15) is 0 Å². The minimum Gasteiger partial charge on any atom is -0.298 e. The number of allylic oxidation sites excluding steroid dienone is 4. The lowest BCUT2D eigenvalue weighted by atomic mass is 10.1. The number of hydrogen-bond donors (Lipinski definition) is 0. The summed E-state index contributed by atoms with van der Waals surface area (Å²) in [6.45, 7) is 2.17. The van der Waals surface area contributed by atoms with Gasteiger partial charge in [0.25, 0.3) is 0 Å². The van der Waals surface area contributed by atoms with E-state index in [9.17, 15) is 0 Å². The summed E-state index contributed by atoms with van der Waals surface area (Å²) in [5.41, 5.74) is 2.91. The maximum atomic E-state index is 2.32. The van der Waals surface area contributed by atoms with Gasteiger partial charge >= 0.3 is 0 Å². The molecular formula is C11H13N. The first-order chi connectivity index (χ1) is 5.86. The van der Waals surface area contributed by atoms with Crippen molar-refractivity contribution in [2.24, 2.45) is 0 Å². The van der Waals surface area contributed by atoms with Crippen molar-refractivity contribution >= 4 is 0 Å². The summed E-state index contributed by atoms with van der Waals surface area (Å²) in [6.07, 6.45) is 12.8. The van der Waals surface area contributed by atoms with Crippen molar-refractivity contribution in [3.8, 4) is 0 Å². The zero-order valence-electron chi connectivity index (χ0n) is 7.33. The third-order valence-electron chi connectivity index (χ3n) is 2.22. The third-order valence-corrected chi connectivity index (χ3v) is 2.22. The van der Waals surface area contributed by atoms with E-state index in [0.29, 0.717) is 0 Å². The SMILES string of the molecule is CN1CC2=C(\C=C/C=C\C=C/2)C1. The Morgan fingerprint density at radius 2 is 1.42 bits per heavy atom. The zero-order chi connectivity index (χ0) is 8.39.